The van der Waals surface area contributed by atoms with Crippen LogP contribution >= 0.6 is 0 Å². The average molecular weight is 608 g/mol. The van der Waals surface area contributed by atoms with E-state index < -0.39 is 35.2 Å². The van der Waals surface area contributed by atoms with Crippen molar-refractivity contribution in [3.05, 3.63) is 119 Å². The molecule has 6 rings (SSSR count). The highest BCUT2D eigenvalue weighted by Crippen LogP contribution is 2.49. The van der Waals surface area contributed by atoms with E-state index in [0.29, 0.717) is 33.6 Å². The molecular formula is C38H33F3N3O+. The van der Waals surface area contributed by atoms with Crippen molar-refractivity contribution in [3.8, 4) is 17.3 Å². The number of para-hydroxylation sites is 2. The van der Waals surface area contributed by atoms with Crippen LogP contribution in [0, 0.1) is 25.1 Å². The van der Waals surface area contributed by atoms with Gasteiger partial charge in [-0.1, -0.05) is 69.3 Å². The average Bonchev–Trinajstić information content (AvgIpc) is 3.38. The first-order valence-corrected chi connectivity index (χ1v) is 14.5. The van der Waals surface area contributed by atoms with Gasteiger partial charge < -0.3 is 9.32 Å². The number of nitriles is 1. The zero-order chi connectivity index (χ0) is 34.8. The van der Waals surface area contributed by atoms with Crippen LogP contribution < -0.4 is 9.47 Å². The van der Waals surface area contributed by atoms with Gasteiger partial charge in [-0.15, -0.1) is 0 Å². The quantitative estimate of drug-likeness (QED) is 0.187. The van der Waals surface area contributed by atoms with E-state index in [1.165, 1.54) is 0 Å². The summed E-state index contributed by atoms with van der Waals surface area (Å²) in [5.74, 6) is 0. The number of benzene rings is 4. The molecule has 6 aromatic rings. The lowest BCUT2D eigenvalue weighted by Gasteiger charge is -2.27. The molecule has 0 saturated carbocycles. The molecule has 0 unspecified atom stereocenters. The fraction of sp³-hybridized carbons (Fsp3) is 0.211. The lowest BCUT2D eigenvalue weighted by atomic mass is 9.83. The number of aryl methyl sites for hydroxylation is 3. The standard InChI is InChI=1S/C38H33F3N3O/c1-23-17-18-27-28-19-31(44(25-13-9-7-10-14-25)26-15-11-8-12-16-26)29(21-42)34(38(39,40)41)36(28)45-35(27)33(23)32-20-30(37(3,4)5)24(2)22-43(32)6/h7-20,22H,1-6H3/q+1/i2D3. The lowest BCUT2D eigenvalue weighted by molar-refractivity contribution is -0.660. The third-order valence-corrected chi connectivity index (χ3v) is 8.12. The number of hydrogen-bond acceptors (Lipinski definition) is 3. The topological polar surface area (TPSA) is 44.1 Å². The summed E-state index contributed by atoms with van der Waals surface area (Å²) < 4.78 is 77.9. The van der Waals surface area contributed by atoms with Gasteiger partial charge in [0.15, 0.2) is 6.20 Å². The summed E-state index contributed by atoms with van der Waals surface area (Å²) in [4.78, 5) is 1.64. The van der Waals surface area contributed by atoms with Crippen LogP contribution in [-0.2, 0) is 18.6 Å². The third-order valence-electron chi connectivity index (χ3n) is 8.12. The van der Waals surface area contributed by atoms with Gasteiger partial charge in [0.1, 0.15) is 29.8 Å². The lowest BCUT2D eigenvalue weighted by Crippen LogP contribution is -2.33. The zero-order valence-corrected chi connectivity index (χ0v) is 25.5. The minimum absolute atomic E-state index is 0.0576. The molecule has 2 heterocycles. The molecule has 0 radical (unpaired) electrons. The molecule has 4 nitrogen and oxygen atoms in total. The van der Waals surface area contributed by atoms with E-state index in [1.807, 2.05) is 52.0 Å². The van der Waals surface area contributed by atoms with E-state index in [1.54, 1.807) is 89.4 Å². The fourth-order valence-electron chi connectivity index (χ4n) is 6.04. The monoisotopic (exact) mass is 607 g/mol. The highest BCUT2D eigenvalue weighted by atomic mass is 19.4. The van der Waals surface area contributed by atoms with E-state index in [9.17, 15) is 5.26 Å². The Morgan fingerprint density at radius 2 is 1.47 bits per heavy atom. The highest BCUT2D eigenvalue weighted by Gasteiger charge is 2.41. The number of aromatic nitrogens is 1. The normalized spacial score (nSPS) is 13.4. The molecule has 0 fully saturated rings. The molecule has 0 aliphatic rings. The Balaban J connectivity index is 1.75. The molecule has 0 amide bonds. The summed E-state index contributed by atoms with van der Waals surface area (Å²) in [6.07, 6.45) is -3.37. The van der Waals surface area contributed by atoms with Crippen LogP contribution in [0.5, 0.6) is 0 Å². The Morgan fingerprint density at radius 1 is 0.844 bits per heavy atom. The van der Waals surface area contributed by atoms with Crippen molar-refractivity contribution in [2.45, 2.75) is 46.1 Å². The predicted octanol–water partition coefficient (Wildman–Crippen LogP) is 10.4. The molecule has 45 heavy (non-hydrogen) atoms. The van der Waals surface area contributed by atoms with Crippen LogP contribution in [0.1, 0.15) is 52.7 Å². The maximum absolute atomic E-state index is 15.2. The first-order chi connectivity index (χ1) is 22.5. The van der Waals surface area contributed by atoms with E-state index in [4.69, 9.17) is 8.53 Å². The Hall–Kier alpha value is -5.09. The maximum atomic E-state index is 15.2. The van der Waals surface area contributed by atoms with Crippen LogP contribution in [0.4, 0.5) is 30.2 Å². The largest absolute Gasteiger partial charge is 0.454 e. The molecule has 2 aromatic heterocycles. The van der Waals surface area contributed by atoms with E-state index in [-0.39, 0.29) is 22.2 Å². The summed E-state index contributed by atoms with van der Waals surface area (Å²) in [5.41, 5.74) is 1.32. The van der Waals surface area contributed by atoms with Crippen LogP contribution in [0.3, 0.4) is 0 Å². The highest BCUT2D eigenvalue weighted by molar-refractivity contribution is 6.12. The van der Waals surface area contributed by atoms with Crippen molar-refractivity contribution in [2.75, 3.05) is 4.90 Å². The Bertz CT molecular complexity index is 2190. The van der Waals surface area contributed by atoms with Gasteiger partial charge in [0.2, 0.25) is 5.69 Å². The van der Waals surface area contributed by atoms with Gasteiger partial charge in [-0.25, -0.2) is 4.57 Å². The second kappa shape index (κ2) is 10.8. The van der Waals surface area contributed by atoms with Crippen molar-refractivity contribution >= 4 is 39.0 Å². The minimum Gasteiger partial charge on any atom is -0.454 e. The second-order valence-corrected chi connectivity index (χ2v) is 12.2. The molecule has 0 aliphatic heterocycles. The number of nitrogens with zero attached hydrogens (tertiary/aromatic N) is 3. The number of anilines is 3. The minimum atomic E-state index is -4.94. The molecule has 0 N–H and O–H groups in total. The summed E-state index contributed by atoms with van der Waals surface area (Å²) in [6.45, 7) is 5.21. The van der Waals surface area contributed by atoms with Gasteiger partial charge in [0.25, 0.3) is 0 Å². The first-order valence-electron chi connectivity index (χ1n) is 16.0. The van der Waals surface area contributed by atoms with E-state index in [0.717, 1.165) is 5.56 Å². The number of pyridine rings is 1. The molecular weight excluding hydrogens is 571 g/mol. The molecule has 226 valence electrons. The van der Waals surface area contributed by atoms with Gasteiger partial charge in [-0.3, -0.25) is 0 Å². The molecule has 0 spiro atoms. The van der Waals surface area contributed by atoms with E-state index in [2.05, 4.69) is 0 Å². The second-order valence-electron chi connectivity index (χ2n) is 12.2. The number of furan rings is 1. The van der Waals surface area contributed by atoms with Crippen molar-refractivity contribution in [3.63, 3.8) is 0 Å². The van der Waals surface area contributed by atoms with Crippen molar-refractivity contribution in [2.24, 2.45) is 7.05 Å². The summed E-state index contributed by atoms with van der Waals surface area (Å²) in [6, 6.07) is 26.6. The summed E-state index contributed by atoms with van der Waals surface area (Å²) in [5, 5.41) is 11.0. The zero-order valence-electron chi connectivity index (χ0n) is 28.5. The number of fused-ring (bicyclic) bond motifs is 3. The molecule has 0 bridgehead atoms. The van der Waals surface area contributed by atoms with Crippen molar-refractivity contribution in [1.29, 1.82) is 5.26 Å². The smallest absolute Gasteiger partial charge is 0.421 e. The van der Waals surface area contributed by atoms with E-state index >= 15 is 13.2 Å². The summed E-state index contributed by atoms with van der Waals surface area (Å²) in [7, 11) is 1.71. The molecule has 4 aromatic carbocycles. The van der Waals surface area contributed by atoms with Gasteiger partial charge in [-0.05, 0) is 60.6 Å². The number of alkyl halides is 3. The first kappa shape index (κ1) is 26.3. The van der Waals surface area contributed by atoms with Gasteiger partial charge in [-0.2, -0.15) is 18.4 Å². The van der Waals surface area contributed by atoms with Crippen molar-refractivity contribution in [1.82, 2.24) is 0 Å². The molecule has 7 heteroatoms. The Kier molecular flexibility index (Phi) is 6.33. The predicted molar refractivity (Wildman–Crippen MR) is 173 cm³/mol. The SMILES string of the molecule is [2H]C([2H])([2H])c1c[n+](C)c(-c2c(C)ccc3c2oc2c(C(F)(F)F)c(C#N)c(N(c4ccccc4)c4ccccc4)cc23)cc1C(C)(C)C. The van der Waals surface area contributed by atoms with Gasteiger partial charge in [0.05, 0.1) is 16.8 Å². The number of rotatable bonds is 4. The number of halogens is 3. The summed E-state index contributed by atoms with van der Waals surface area (Å²) >= 11 is 0. The van der Waals surface area contributed by atoms with Crippen LogP contribution in [0.2, 0.25) is 0 Å². The van der Waals surface area contributed by atoms with Gasteiger partial charge >= 0.3 is 6.18 Å². The maximum Gasteiger partial charge on any atom is 0.421 e. The third kappa shape index (κ3) is 5.10. The molecule has 0 aliphatic carbocycles. The fourth-order valence-corrected chi connectivity index (χ4v) is 6.04. The van der Waals surface area contributed by atoms with Crippen LogP contribution in [-0.4, -0.2) is 0 Å². The van der Waals surface area contributed by atoms with Crippen molar-refractivity contribution < 1.29 is 26.3 Å². The Morgan fingerprint density at radius 3 is 2.00 bits per heavy atom. The molecule has 0 atom stereocenters. The van der Waals surface area contributed by atoms with Crippen LogP contribution in [0.25, 0.3) is 33.2 Å². The Labute approximate surface area is 264 Å². The van der Waals surface area contributed by atoms with Gasteiger partial charge in [0, 0.05) is 37.9 Å². The molecule has 0 saturated heterocycles. The number of hydrogen-bond donors (Lipinski definition) is 0. The van der Waals surface area contributed by atoms with Crippen LogP contribution in [0.15, 0.2) is 95.5 Å².